The minimum absolute atomic E-state index is 0.257. The van der Waals surface area contributed by atoms with E-state index in [1.165, 1.54) is 9.80 Å². The molecule has 1 saturated heterocycles. The topological polar surface area (TPSA) is 49.9 Å². The third-order valence-corrected chi connectivity index (χ3v) is 3.94. The lowest BCUT2D eigenvalue weighted by molar-refractivity contribution is -0.142. The fourth-order valence-electron chi connectivity index (χ4n) is 2.78. The van der Waals surface area contributed by atoms with Crippen molar-refractivity contribution in [3.8, 4) is 0 Å². The Bertz CT molecular complexity index is 703. The lowest BCUT2D eigenvalue weighted by Crippen LogP contribution is -2.36. The van der Waals surface area contributed by atoms with Gasteiger partial charge in [0.25, 0.3) is 5.91 Å². The largest absolute Gasteiger partial charge is 0.350 e. The van der Waals surface area contributed by atoms with E-state index >= 15 is 0 Å². The van der Waals surface area contributed by atoms with E-state index in [4.69, 9.17) is 4.74 Å². The highest BCUT2D eigenvalue weighted by Gasteiger charge is 2.45. The third kappa shape index (κ3) is 3.31. The average Bonchev–Trinajstić information content (AvgIpc) is 2.82. The van der Waals surface area contributed by atoms with Crippen LogP contribution in [-0.4, -0.2) is 34.6 Å². The second-order valence-electron chi connectivity index (χ2n) is 5.61. The Kier molecular flexibility index (Phi) is 4.91. The number of amides is 3. The van der Waals surface area contributed by atoms with Crippen LogP contribution in [0.2, 0.25) is 0 Å². The maximum absolute atomic E-state index is 12.8. The van der Waals surface area contributed by atoms with Gasteiger partial charge in [-0.15, -0.1) is 0 Å². The average molecular weight is 324 g/mol. The lowest BCUT2D eigenvalue weighted by atomic mass is 10.2. The number of hydrogen-bond donors (Lipinski definition) is 0. The first-order valence-corrected chi connectivity index (χ1v) is 8.02. The summed E-state index contributed by atoms with van der Waals surface area (Å²) in [5.41, 5.74) is 1.88. The first-order valence-electron chi connectivity index (χ1n) is 8.02. The highest BCUT2D eigenvalue weighted by molar-refractivity contribution is 6.03. The Morgan fingerprint density at radius 1 is 0.875 bits per heavy atom. The molecule has 0 N–H and O–H groups in total. The summed E-state index contributed by atoms with van der Waals surface area (Å²) in [6.45, 7) is 2.79. The zero-order chi connectivity index (χ0) is 16.9. The molecule has 5 heteroatoms. The van der Waals surface area contributed by atoms with Gasteiger partial charge in [-0.05, 0) is 18.1 Å². The molecule has 124 valence electrons. The molecule has 0 aromatic heterocycles. The van der Waals surface area contributed by atoms with E-state index in [1.54, 1.807) is 0 Å². The zero-order valence-corrected chi connectivity index (χ0v) is 13.6. The molecule has 1 atom stereocenters. The van der Waals surface area contributed by atoms with Gasteiger partial charge in [-0.1, -0.05) is 60.7 Å². The molecule has 5 nitrogen and oxygen atoms in total. The number of rotatable bonds is 6. The summed E-state index contributed by atoms with van der Waals surface area (Å²) < 4.78 is 5.55. The number of ether oxygens (including phenoxy) is 1. The predicted octanol–water partition coefficient (Wildman–Crippen LogP) is 3.01. The molecule has 0 aliphatic carbocycles. The summed E-state index contributed by atoms with van der Waals surface area (Å²) in [6, 6.07) is 18.8. The predicted molar refractivity (Wildman–Crippen MR) is 89.8 cm³/mol. The smallest absolute Gasteiger partial charge is 0.329 e. The molecule has 2 aromatic carbocycles. The summed E-state index contributed by atoms with van der Waals surface area (Å²) in [6.07, 6.45) is -0.855. The molecule has 1 fully saturated rings. The van der Waals surface area contributed by atoms with Crippen molar-refractivity contribution in [3.05, 3.63) is 71.8 Å². The van der Waals surface area contributed by atoms with Gasteiger partial charge < -0.3 is 4.74 Å². The van der Waals surface area contributed by atoms with Crippen molar-refractivity contribution in [1.82, 2.24) is 9.80 Å². The Morgan fingerprint density at radius 3 is 1.96 bits per heavy atom. The van der Waals surface area contributed by atoms with Crippen molar-refractivity contribution < 1.29 is 14.3 Å². The van der Waals surface area contributed by atoms with Crippen LogP contribution < -0.4 is 0 Å². The molecule has 1 aliphatic rings. The van der Waals surface area contributed by atoms with E-state index in [0.717, 1.165) is 11.1 Å². The van der Waals surface area contributed by atoms with Gasteiger partial charge in [0.05, 0.1) is 13.1 Å². The number of carbonyl (C=O) groups excluding carboxylic acids is 2. The van der Waals surface area contributed by atoms with Crippen molar-refractivity contribution in [3.63, 3.8) is 0 Å². The van der Waals surface area contributed by atoms with Crippen LogP contribution in [0.25, 0.3) is 0 Å². The van der Waals surface area contributed by atoms with E-state index < -0.39 is 6.23 Å². The van der Waals surface area contributed by atoms with E-state index in [9.17, 15) is 9.59 Å². The first kappa shape index (κ1) is 16.2. The molecule has 0 bridgehead atoms. The molecule has 3 amide bonds. The maximum atomic E-state index is 12.8. The van der Waals surface area contributed by atoms with Crippen LogP contribution in [0.4, 0.5) is 4.79 Å². The standard InChI is InChI=1S/C19H20N2O3/c1-2-24-18-17(22)20(13-15-9-5-3-6-10-15)19(23)21(18)14-16-11-7-4-8-12-16/h3-12,18H,2,13-14H2,1H3. The van der Waals surface area contributed by atoms with Crippen molar-refractivity contribution >= 4 is 11.9 Å². The Morgan fingerprint density at radius 2 is 1.42 bits per heavy atom. The molecule has 2 aromatic rings. The maximum Gasteiger partial charge on any atom is 0.329 e. The minimum Gasteiger partial charge on any atom is -0.350 e. The molecule has 1 heterocycles. The first-order chi connectivity index (χ1) is 11.7. The lowest BCUT2D eigenvalue weighted by Gasteiger charge is -2.21. The highest BCUT2D eigenvalue weighted by Crippen LogP contribution is 2.23. The highest BCUT2D eigenvalue weighted by atomic mass is 16.5. The summed E-state index contributed by atoms with van der Waals surface area (Å²) in [5, 5.41) is 0. The van der Waals surface area contributed by atoms with Gasteiger partial charge >= 0.3 is 6.03 Å². The van der Waals surface area contributed by atoms with Gasteiger partial charge in [-0.3, -0.25) is 14.6 Å². The molecule has 24 heavy (non-hydrogen) atoms. The summed E-state index contributed by atoms with van der Waals surface area (Å²) in [7, 11) is 0. The number of hydrogen-bond acceptors (Lipinski definition) is 3. The van der Waals surface area contributed by atoms with Crippen molar-refractivity contribution in [2.75, 3.05) is 6.61 Å². The molecular weight excluding hydrogens is 304 g/mol. The van der Waals surface area contributed by atoms with Crippen LogP contribution in [0.1, 0.15) is 18.1 Å². The molecule has 1 unspecified atom stereocenters. The van der Waals surface area contributed by atoms with Gasteiger partial charge in [0.2, 0.25) is 6.23 Å². The van der Waals surface area contributed by atoms with Crippen LogP contribution in [0.15, 0.2) is 60.7 Å². The van der Waals surface area contributed by atoms with E-state index in [1.807, 2.05) is 67.6 Å². The number of benzene rings is 2. The van der Waals surface area contributed by atoms with E-state index in [0.29, 0.717) is 13.2 Å². The number of carbonyl (C=O) groups is 2. The second kappa shape index (κ2) is 7.27. The summed E-state index contributed by atoms with van der Waals surface area (Å²) in [4.78, 5) is 28.2. The number of urea groups is 1. The van der Waals surface area contributed by atoms with Gasteiger partial charge in [0.1, 0.15) is 0 Å². The van der Waals surface area contributed by atoms with Crippen molar-refractivity contribution in [2.24, 2.45) is 0 Å². The van der Waals surface area contributed by atoms with Crippen LogP contribution in [0.3, 0.4) is 0 Å². The Hall–Kier alpha value is -2.66. The fraction of sp³-hybridized carbons (Fsp3) is 0.263. The number of imide groups is 1. The van der Waals surface area contributed by atoms with Gasteiger partial charge in [0, 0.05) is 6.61 Å². The minimum atomic E-state index is -0.855. The third-order valence-electron chi connectivity index (χ3n) is 3.94. The van der Waals surface area contributed by atoms with Crippen molar-refractivity contribution in [2.45, 2.75) is 26.2 Å². The molecular formula is C19H20N2O3. The van der Waals surface area contributed by atoms with Gasteiger partial charge in [-0.25, -0.2) is 4.79 Å². The van der Waals surface area contributed by atoms with Crippen molar-refractivity contribution in [1.29, 1.82) is 0 Å². The Labute approximate surface area is 141 Å². The number of nitrogens with zero attached hydrogens (tertiary/aromatic N) is 2. The molecule has 0 spiro atoms. The fourth-order valence-corrected chi connectivity index (χ4v) is 2.78. The molecule has 0 saturated carbocycles. The van der Waals surface area contributed by atoms with Crippen LogP contribution in [-0.2, 0) is 22.6 Å². The van der Waals surface area contributed by atoms with Gasteiger partial charge in [-0.2, -0.15) is 0 Å². The van der Waals surface area contributed by atoms with Crippen LogP contribution >= 0.6 is 0 Å². The SMILES string of the molecule is CCOC1C(=O)N(Cc2ccccc2)C(=O)N1Cc1ccccc1. The molecule has 0 radical (unpaired) electrons. The Balaban J connectivity index is 1.82. The van der Waals surface area contributed by atoms with E-state index in [-0.39, 0.29) is 18.5 Å². The second-order valence-corrected chi connectivity index (χ2v) is 5.61. The zero-order valence-electron chi connectivity index (χ0n) is 13.6. The van der Waals surface area contributed by atoms with Gasteiger partial charge in [0.15, 0.2) is 0 Å². The quantitative estimate of drug-likeness (QED) is 0.768. The summed E-state index contributed by atoms with van der Waals surface area (Å²) >= 11 is 0. The van der Waals surface area contributed by atoms with Crippen LogP contribution in [0.5, 0.6) is 0 Å². The normalized spacial score (nSPS) is 17.6. The monoisotopic (exact) mass is 324 g/mol. The molecule has 1 aliphatic heterocycles. The summed E-state index contributed by atoms with van der Waals surface area (Å²) in [5.74, 6) is -0.304. The molecule has 3 rings (SSSR count). The van der Waals surface area contributed by atoms with E-state index in [2.05, 4.69) is 0 Å². The van der Waals surface area contributed by atoms with Crippen LogP contribution in [0, 0.1) is 0 Å².